The molecule has 16 heavy (non-hydrogen) atoms. The molecule has 0 aliphatic heterocycles. The van der Waals surface area contributed by atoms with Gasteiger partial charge in [0.05, 0.1) is 5.56 Å². The third kappa shape index (κ3) is 1.56. The Labute approximate surface area is 92.9 Å². The molecule has 0 aliphatic rings. The molecule has 0 unspecified atom stereocenters. The molecule has 1 amide bonds. The molecule has 0 spiro atoms. The van der Waals surface area contributed by atoms with E-state index in [1.54, 1.807) is 29.2 Å². The van der Waals surface area contributed by atoms with Crippen LogP contribution in [0, 0.1) is 13.8 Å². The summed E-state index contributed by atoms with van der Waals surface area (Å²) < 4.78 is 1.74. The highest BCUT2D eigenvalue weighted by Gasteiger charge is 2.14. The first-order valence-corrected chi connectivity index (χ1v) is 4.87. The lowest BCUT2D eigenvalue weighted by Gasteiger charge is -2.10. The number of carbonyl (C=O) groups excluding carboxylic acids is 1. The van der Waals surface area contributed by atoms with Crippen molar-refractivity contribution in [2.24, 2.45) is 5.73 Å². The molecule has 0 radical (unpaired) electrons. The third-order valence-electron chi connectivity index (χ3n) is 2.44. The third-order valence-corrected chi connectivity index (χ3v) is 2.44. The van der Waals surface area contributed by atoms with Gasteiger partial charge in [0.1, 0.15) is 5.82 Å². The lowest BCUT2D eigenvalue weighted by atomic mass is 10.1. The van der Waals surface area contributed by atoms with Gasteiger partial charge in [-0.3, -0.25) is 9.36 Å². The molecule has 0 saturated heterocycles. The van der Waals surface area contributed by atoms with Gasteiger partial charge < -0.3 is 5.73 Å². The fraction of sp³-hybridized carbons (Fsp3) is 0.182. The molecule has 2 heterocycles. The minimum atomic E-state index is -0.478. The molecular weight excluding hydrogens is 204 g/mol. The van der Waals surface area contributed by atoms with Gasteiger partial charge in [0.2, 0.25) is 0 Å². The first-order valence-electron chi connectivity index (χ1n) is 4.87. The summed E-state index contributed by atoms with van der Waals surface area (Å²) in [7, 11) is 0. The molecule has 0 aliphatic carbocycles. The maximum absolute atomic E-state index is 11.4. The smallest absolute Gasteiger partial charge is 0.252 e. The Balaban J connectivity index is 2.70. The predicted octanol–water partition coefficient (Wildman–Crippen LogP) is 0.983. The van der Waals surface area contributed by atoms with E-state index < -0.39 is 5.91 Å². The minimum Gasteiger partial charge on any atom is -0.365 e. The Morgan fingerprint density at radius 3 is 2.62 bits per heavy atom. The molecule has 0 saturated carbocycles. The highest BCUT2D eigenvalue weighted by molar-refractivity contribution is 5.97. The van der Waals surface area contributed by atoms with Gasteiger partial charge in [0.15, 0.2) is 5.82 Å². The number of carbonyl (C=O) groups is 1. The summed E-state index contributed by atoms with van der Waals surface area (Å²) in [5.74, 6) is 0.816. The summed E-state index contributed by atoms with van der Waals surface area (Å²) in [6.07, 6.45) is 5.06. The van der Waals surface area contributed by atoms with E-state index in [0.29, 0.717) is 11.4 Å². The predicted molar refractivity (Wildman–Crippen MR) is 59.4 cm³/mol. The molecule has 0 aromatic carbocycles. The van der Waals surface area contributed by atoms with Crippen molar-refractivity contribution in [2.75, 3.05) is 0 Å². The van der Waals surface area contributed by atoms with Crippen molar-refractivity contribution in [2.45, 2.75) is 13.8 Å². The van der Waals surface area contributed by atoms with Crippen LogP contribution in [0.5, 0.6) is 0 Å². The van der Waals surface area contributed by atoms with Gasteiger partial charge in [-0.1, -0.05) is 0 Å². The average molecular weight is 216 g/mol. The van der Waals surface area contributed by atoms with Gasteiger partial charge in [-0.2, -0.15) is 0 Å². The van der Waals surface area contributed by atoms with Crippen LogP contribution < -0.4 is 5.73 Å². The fourth-order valence-electron chi connectivity index (χ4n) is 1.63. The van der Waals surface area contributed by atoms with E-state index in [4.69, 9.17) is 5.73 Å². The second-order valence-electron chi connectivity index (χ2n) is 3.54. The first kappa shape index (κ1) is 10.4. The van der Waals surface area contributed by atoms with Crippen molar-refractivity contribution < 1.29 is 4.79 Å². The number of amides is 1. The largest absolute Gasteiger partial charge is 0.365 e. The van der Waals surface area contributed by atoms with Crippen LogP contribution in [0.15, 0.2) is 24.7 Å². The first-order chi connectivity index (χ1) is 7.61. The zero-order valence-corrected chi connectivity index (χ0v) is 9.14. The minimum absolute atomic E-state index is 0.434. The van der Waals surface area contributed by atoms with E-state index in [9.17, 15) is 4.79 Å². The number of nitrogens with two attached hydrogens (primary N) is 1. The summed E-state index contributed by atoms with van der Waals surface area (Å²) in [5.41, 5.74) is 6.60. The van der Waals surface area contributed by atoms with E-state index in [1.807, 2.05) is 13.8 Å². The molecule has 2 aromatic heterocycles. The van der Waals surface area contributed by atoms with Crippen LogP contribution in [0.1, 0.15) is 21.7 Å². The normalized spacial score (nSPS) is 10.4. The fourth-order valence-corrected chi connectivity index (χ4v) is 1.63. The second-order valence-corrected chi connectivity index (χ2v) is 3.54. The Morgan fingerprint density at radius 2 is 2.06 bits per heavy atom. The van der Waals surface area contributed by atoms with Crippen LogP contribution in [-0.2, 0) is 0 Å². The lowest BCUT2D eigenvalue weighted by molar-refractivity contribution is 0.0999. The van der Waals surface area contributed by atoms with E-state index in [2.05, 4.69) is 9.97 Å². The van der Waals surface area contributed by atoms with Crippen LogP contribution in [-0.4, -0.2) is 20.4 Å². The number of rotatable bonds is 2. The number of aromatic nitrogens is 3. The number of hydrogen-bond donors (Lipinski definition) is 1. The van der Waals surface area contributed by atoms with Crippen LogP contribution in [0.3, 0.4) is 0 Å². The lowest BCUT2D eigenvalue weighted by Crippen LogP contribution is -2.17. The molecule has 5 nitrogen and oxygen atoms in total. The molecule has 0 atom stereocenters. The van der Waals surface area contributed by atoms with E-state index in [-0.39, 0.29) is 0 Å². The zero-order chi connectivity index (χ0) is 11.7. The molecule has 2 aromatic rings. The van der Waals surface area contributed by atoms with E-state index in [0.717, 1.165) is 11.4 Å². The number of nitrogens with zero attached hydrogens (tertiary/aromatic N) is 3. The monoisotopic (exact) mass is 216 g/mol. The Morgan fingerprint density at radius 1 is 1.31 bits per heavy atom. The number of aryl methyl sites for hydroxylation is 2. The summed E-state index contributed by atoms with van der Waals surface area (Å²) in [6, 6.07) is 1.76. The van der Waals surface area contributed by atoms with Gasteiger partial charge in [0, 0.05) is 18.6 Å². The molecule has 82 valence electrons. The van der Waals surface area contributed by atoms with Gasteiger partial charge in [-0.25, -0.2) is 9.97 Å². The Bertz CT molecular complexity index is 545. The zero-order valence-electron chi connectivity index (χ0n) is 9.14. The average Bonchev–Trinajstić information content (AvgIpc) is 2.63. The van der Waals surface area contributed by atoms with Crippen LogP contribution in [0.4, 0.5) is 0 Å². The Kier molecular flexibility index (Phi) is 2.44. The standard InChI is InChI=1S/C11H12N4O/c1-7-3-4-14-11(9(7)10(12)16)15-6-5-13-8(15)2/h3-6H,1-2H3,(H2,12,16). The van der Waals surface area contributed by atoms with E-state index in [1.165, 1.54) is 0 Å². The molecule has 2 N–H and O–H groups in total. The van der Waals surface area contributed by atoms with Crippen molar-refractivity contribution in [3.63, 3.8) is 0 Å². The maximum atomic E-state index is 11.4. The summed E-state index contributed by atoms with van der Waals surface area (Å²) in [5, 5.41) is 0. The van der Waals surface area contributed by atoms with Gasteiger partial charge in [0.25, 0.3) is 5.91 Å². The van der Waals surface area contributed by atoms with Crippen LogP contribution in [0.2, 0.25) is 0 Å². The van der Waals surface area contributed by atoms with Gasteiger partial charge >= 0.3 is 0 Å². The second kappa shape index (κ2) is 3.77. The van der Waals surface area contributed by atoms with Crippen molar-refractivity contribution >= 4 is 5.91 Å². The van der Waals surface area contributed by atoms with Gasteiger partial charge in [-0.15, -0.1) is 0 Å². The summed E-state index contributed by atoms with van der Waals surface area (Å²) in [6.45, 7) is 3.67. The van der Waals surface area contributed by atoms with Crippen molar-refractivity contribution in [1.82, 2.24) is 14.5 Å². The molecule has 2 rings (SSSR count). The number of hydrogen-bond acceptors (Lipinski definition) is 3. The molecular formula is C11H12N4O. The number of pyridine rings is 1. The summed E-state index contributed by atoms with van der Waals surface area (Å²) in [4.78, 5) is 19.7. The summed E-state index contributed by atoms with van der Waals surface area (Å²) >= 11 is 0. The molecule has 0 bridgehead atoms. The van der Waals surface area contributed by atoms with Gasteiger partial charge in [-0.05, 0) is 25.5 Å². The number of imidazole rings is 1. The number of primary amides is 1. The van der Waals surface area contributed by atoms with Crippen LogP contribution in [0.25, 0.3) is 5.82 Å². The topological polar surface area (TPSA) is 73.8 Å². The quantitative estimate of drug-likeness (QED) is 0.813. The highest BCUT2D eigenvalue weighted by Crippen LogP contribution is 2.16. The highest BCUT2D eigenvalue weighted by atomic mass is 16.1. The van der Waals surface area contributed by atoms with E-state index >= 15 is 0 Å². The molecule has 0 fully saturated rings. The van der Waals surface area contributed by atoms with Crippen molar-refractivity contribution in [3.05, 3.63) is 41.6 Å². The van der Waals surface area contributed by atoms with Crippen LogP contribution >= 0.6 is 0 Å². The SMILES string of the molecule is Cc1ccnc(-n2ccnc2C)c1C(N)=O. The molecule has 5 heteroatoms. The maximum Gasteiger partial charge on any atom is 0.252 e. The Hall–Kier alpha value is -2.17. The van der Waals surface area contributed by atoms with Crippen molar-refractivity contribution in [3.8, 4) is 5.82 Å². The van der Waals surface area contributed by atoms with Crippen molar-refractivity contribution in [1.29, 1.82) is 0 Å².